The number of aliphatic hydroxyl groups excluding tert-OH is 1. The molecule has 1 atom stereocenters. The molecular weight excluding hydrogens is 230 g/mol. The molecule has 0 aromatic carbocycles. The van der Waals surface area contributed by atoms with Gasteiger partial charge in [-0.1, -0.05) is 6.92 Å². The van der Waals surface area contributed by atoms with Crippen LogP contribution in [0.25, 0.3) is 0 Å². The first-order chi connectivity index (χ1) is 8.62. The topological polar surface area (TPSA) is 86.0 Å². The highest BCUT2D eigenvalue weighted by molar-refractivity contribution is 5.92. The fraction of sp³-hybridized carbons (Fsp3) is 0.462. The van der Waals surface area contributed by atoms with Crippen LogP contribution in [-0.4, -0.2) is 28.6 Å². The number of aliphatic hydroxyl groups is 1. The summed E-state index contributed by atoms with van der Waals surface area (Å²) in [7, 11) is 0. The lowest BCUT2D eigenvalue weighted by Crippen LogP contribution is -2.35. The third-order valence-corrected chi connectivity index (χ3v) is 2.74. The summed E-state index contributed by atoms with van der Waals surface area (Å²) in [5.41, 5.74) is 1.30. The number of nitrogens with one attached hydrogen (secondary N) is 1. The highest BCUT2D eigenvalue weighted by Gasteiger charge is 2.13. The first kappa shape index (κ1) is 14.1. The van der Waals surface area contributed by atoms with Gasteiger partial charge in [-0.05, 0) is 31.9 Å². The van der Waals surface area contributed by atoms with Gasteiger partial charge < -0.3 is 10.4 Å². The van der Waals surface area contributed by atoms with E-state index in [0.29, 0.717) is 23.4 Å². The molecule has 18 heavy (non-hydrogen) atoms. The van der Waals surface area contributed by atoms with E-state index >= 15 is 0 Å². The first-order valence-corrected chi connectivity index (χ1v) is 5.91. The number of nitrogens with zero attached hydrogens (tertiary/aromatic N) is 2. The van der Waals surface area contributed by atoms with E-state index in [-0.39, 0.29) is 18.6 Å². The molecule has 5 heteroatoms. The molecule has 1 amide bonds. The van der Waals surface area contributed by atoms with Gasteiger partial charge in [0, 0.05) is 12.6 Å². The van der Waals surface area contributed by atoms with Crippen LogP contribution in [0.2, 0.25) is 0 Å². The number of hydrogen-bond donors (Lipinski definition) is 2. The lowest BCUT2D eigenvalue weighted by Gasteiger charge is -2.15. The van der Waals surface area contributed by atoms with Gasteiger partial charge in [-0.2, -0.15) is 5.26 Å². The predicted molar refractivity (Wildman–Crippen MR) is 66.9 cm³/mol. The summed E-state index contributed by atoms with van der Waals surface area (Å²) in [5, 5.41) is 20.4. The molecule has 0 radical (unpaired) electrons. The third kappa shape index (κ3) is 3.54. The Kier molecular flexibility index (Phi) is 5.28. The maximum atomic E-state index is 11.9. The normalized spacial score (nSPS) is 11.7. The predicted octanol–water partition coefficient (Wildman–Crippen LogP) is 1.15. The van der Waals surface area contributed by atoms with Crippen LogP contribution < -0.4 is 5.32 Å². The highest BCUT2D eigenvalue weighted by atomic mass is 16.3. The summed E-state index contributed by atoms with van der Waals surface area (Å²) in [4.78, 5) is 16.0. The van der Waals surface area contributed by atoms with Crippen LogP contribution in [-0.2, 0) is 0 Å². The number of amides is 1. The third-order valence-electron chi connectivity index (χ3n) is 2.74. The summed E-state index contributed by atoms with van der Waals surface area (Å²) in [5.74, 6) is -0.275. The lowest BCUT2D eigenvalue weighted by atomic mass is 10.1. The maximum absolute atomic E-state index is 11.9. The van der Waals surface area contributed by atoms with Gasteiger partial charge in [0.2, 0.25) is 0 Å². The van der Waals surface area contributed by atoms with E-state index in [1.807, 2.05) is 13.0 Å². The van der Waals surface area contributed by atoms with Crippen LogP contribution in [0, 0.1) is 18.3 Å². The van der Waals surface area contributed by atoms with E-state index in [1.54, 1.807) is 13.0 Å². The standard InChI is InChI=1S/C13H17N3O2/c1-3-11(6-7-17)16-13(18)12-5-4-10(8-14)9(2)15-12/h4-5,11,17H,3,6-7H2,1-2H3,(H,16,18). The Bertz CT molecular complexity index is 466. The molecule has 1 rings (SSSR count). The average molecular weight is 247 g/mol. The summed E-state index contributed by atoms with van der Waals surface area (Å²) in [6, 6.07) is 5.07. The SMILES string of the molecule is CCC(CCO)NC(=O)c1ccc(C#N)c(C)n1. The molecule has 96 valence electrons. The van der Waals surface area contributed by atoms with Crippen molar-refractivity contribution in [1.82, 2.24) is 10.3 Å². The molecule has 0 aliphatic rings. The Labute approximate surface area is 106 Å². The Morgan fingerprint density at radius 2 is 2.33 bits per heavy atom. The molecule has 0 fully saturated rings. The maximum Gasteiger partial charge on any atom is 0.270 e. The zero-order chi connectivity index (χ0) is 13.5. The molecular formula is C13H17N3O2. The van der Waals surface area contributed by atoms with Crippen LogP contribution in [0.1, 0.15) is 41.5 Å². The quantitative estimate of drug-likeness (QED) is 0.817. The number of nitriles is 1. The van der Waals surface area contributed by atoms with E-state index in [4.69, 9.17) is 10.4 Å². The molecule has 5 nitrogen and oxygen atoms in total. The minimum atomic E-state index is -0.275. The van der Waals surface area contributed by atoms with Crippen molar-refractivity contribution in [1.29, 1.82) is 5.26 Å². The number of aromatic nitrogens is 1. The molecule has 1 heterocycles. The second kappa shape index (κ2) is 6.72. The van der Waals surface area contributed by atoms with Gasteiger partial charge in [0.15, 0.2) is 0 Å². The van der Waals surface area contributed by atoms with Crippen LogP contribution >= 0.6 is 0 Å². The molecule has 1 unspecified atom stereocenters. The number of aryl methyl sites for hydroxylation is 1. The van der Waals surface area contributed by atoms with E-state index in [1.165, 1.54) is 6.07 Å². The van der Waals surface area contributed by atoms with E-state index in [0.717, 1.165) is 6.42 Å². The lowest BCUT2D eigenvalue weighted by molar-refractivity contribution is 0.0924. The fourth-order valence-electron chi connectivity index (χ4n) is 1.60. The molecule has 2 N–H and O–H groups in total. The monoisotopic (exact) mass is 247 g/mol. The number of pyridine rings is 1. The van der Waals surface area contributed by atoms with Crippen molar-refractivity contribution in [3.63, 3.8) is 0 Å². The fourth-order valence-corrected chi connectivity index (χ4v) is 1.60. The molecule has 0 bridgehead atoms. The van der Waals surface area contributed by atoms with Crippen molar-refractivity contribution in [2.75, 3.05) is 6.61 Å². The summed E-state index contributed by atoms with van der Waals surface area (Å²) in [6.45, 7) is 3.68. The zero-order valence-electron chi connectivity index (χ0n) is 10.6. The molecule has 0 aliphatic carbocycles. The van der Waals surface area contributed by atoms with E-state index < -0.39 is 0 Å². The summed E-state index contributed by atoms with van der Waals surface area (Å²) >= 11 is 0. The van der Waals surface area contributed by atoms with Gasteiger partial charge >= 0.3 is 0 Å². The smallest absolute Gasteiger partial charge is 0.270 e. The Balaban J connectivity index is 2.78. The minimum absolute atomic E-state index is 0.0403. The number of carbonyl (C=O) groups excluding carboxylic acids is 1. The summed E-state index contributed by atoms with van der Waals surface area (Å²) < 4.78 is 0. The Morgan fingerprint density at radius 3 is 2.83 bits per heavy atom. The Morgan fingerprint density at radius 1 is 1.61 bits per heavy atom. The zero-order valence-corrected chi connectivity index (χ0v) is 10.6. The van der Waals surface area contributed by atoms with E-state index in [2.05, 4.69) is 10.3 Å². The van der Waals surface area contributed by atoms with Crippen molar-refractivity contribution in [2.45, 2.75) is 32.7 Å². The second-order valence-corrected chi connectivity index (χ2v) is 4.03. The van der Waals surface area contributed by atoms with Gasteiger partial charge in [0.1, 0.15) is 11.8 Å². The molecule has 1 aromatic rings. The van der Waals surface area contributed by atoms with Gasteiger partial charge in [-0.25, -0.2) is 4.98 Å². The van der Waals surface area contributed by atoms with Gasteiger partial charge in [-0.15, -0.1) is 0 Å². The number of carbonyl (C=O) groups is 1. The molecule has 0 aliphatic heterocycles. The van der Waals surface area contributed by atoms with Crippen molar-refractivity contribution in [2.24, 2.45) is 0 Å². The number of hydrogen-bond acceptors (Lipinski definition) is 4. The molecule has 1 aromatic heterocycles. The van der Waals surface area contributed by atoms with Gasteiger partial charge in [0.25, 0.3) is 5.91 Å². The second-order valence-electron chi connectivity index (χ2n) is 4.03. The Hall–Kier alpha value is -1.93. The first-order valence-electron chi connectivity index (χ1n) is 5.91. The molecule has 0 saturated heterocycles. The van der Waals surface area contributed by atoms with Crippen molar-refractivity contribution < 1.29 is 9.90 Å². The van der Waals surface area contributed by atoms with Crippen molar-refractivity contribution in [3.8, 4) is 6.07 Å². The van der Waals surface area contributed by atoms with E-state index in [9.17, 15) is 4.79 Å². The van der Waals surface area contributed by atoms with Crippen molar-refractivity contribution in [3.05, 3.63) is 29.1 Å². The van der Waals surface area contributed by atoms with Crippen molar-refractivity contribution >= 4 is 5.91 Å². The van der Waals surface area contributed by atoms with Gasteiger partial charge in [0.05, 0.1) is 11.3 Å². The van der Waals surface area contributed by atoms with Gasteiger partial charge in [-0.3, -0.25) is 4.79 Å². The largest absolute Gasteiger partial charge is 0.396 e. The van der Waals surface area contributed by atoms with Crippen LogP contribution in [0.5, 0.6) is 0 Å². The highest BCUT2D eigenvalue weighted by Crippen LogP contribution is 2.06. The van der Waals surface area contributed by atoms with Crippen LogP contribution in [0.15, 0.2) is 12.1 Å². The molecule has 0 spiro atoms. The summed E-state index contributed by atoms with van der Waals surface area (Å²) in [6.07, 6.45) is 1.28. The average Bonchev–Trinajstić information content (AvgIpc) is 2.37. The van der Waals surface area contributed by atoms with Crippen LogP contribution in [0.4, 0.5) is 0 Å². The number of rotatable bonds is 5. The minimum Gasteiger partial charge on any atom is -0.396 e. The van der Waals surface area contributed by atoms with Crippen LogP contribution in [0.3, 0.4) is 0 Å². The molecule has 0 saturated carbocycles.